The van der Waals surface area contributed by atoms with E-state index in [1.165, 1.54) is 68.8 Å². The van der Waals surface area contributed by atoms with Gasteiger partial charge in [-0.05, 0) is 61.0 Å². The van der Waals surface area contributed by atoms with Gasteiger partial charge in [-0.3, -0.25) is 9.10 Å². The summed E-state index contributed by atoms with van der Waals surface area (Å²) in [5.41, 5.74) is 0.742. The summed E-state index contributed by atoms with van der Waals surface area (Å²) < 4.78 is 65.0. The van der Waals surface area contributed by atoms with E-state index < -0.39 is 40.2 Å². The fourth-order valence-electron chi connectivity index (χ4n) is 3.28. The molecule has 7 nitrogen and oxygen atoms in total. The maximum atomic E-state index is 13.5. The maximum absolute atomic E-state index is 13.5. The van der Waals surface area contributed by atoms with Gasteiger partial charge in [-0.15, -0.1) is 0 Å². The molecular weight excluding hydrogens is 466 g/mol. The van der Waals surface area contributed by atoms with E-state index in [4.69, 9.17) is 9.47 Å². The topological polar surface area (TPSA) is 84.9 Å². The van der Waals surface area contributed by atoms with Crippen LogP contribution in [0.4, 0.5) is 14.5 Å². The number of anilines is 1. The van der Waals surface area contributed by atoms with Crippen molar-refractivity contribution in [3.63, 3.8) is 0 Å². The quantitative estimate of drug-likeness (QED) is 0.489. The summed E-state index contributed by atoms with van der Waals surface area (Å²) in [6, 6.07) is 13.9. The fraction of sp³-hybridized carbons (Fsp3) is 0.208. The molecule has 3 aromatic rings. The summed E-state index contributed by atoms with van der Waals surface area (Å²) in [5.74, 6) is -1.05. The van der Waals surface area contributed by atoms with Crippen LogP contribution >= 0.6 is 0 Å². The minimum absolute atomic E-state index is 0.0979. The van der Waals surface area contributed by atoms with Gasteiger partial charge in [-0.2, -0.15) is 0 Å². The van der Waals surface area contributed by atoms with Gasteiger partial charge in [0.15, 0.2) is 11.5 Å². The van der Waals surface area contributed by atoms with Crippen molar-refractivity contribution in [1.29, 1.82) is 0 Å². The van der Waals surface area contributed by atoms with Crippen LogP contribution in [0.5, 0.6) is 11.5 Å². The van der Waals surface area contributed by atoms with Gasteiger partial charge in [0.2, 0.25) is 5.91 Å². The molecule has 10 heteroatoms. The molecule has 0 aliphatic carbocycles. The van der Waals surface area contributed by atoms with Crippen molar-refractivity contribution in [2.24, 2.45) is 0 Å². The van der Waals surface area contributed by atoms with E-state index in [2.05, 4.69) is 5.32 Å². The lowest BCUT2D eigenvalue weighted by molar-refractivity contribution is -0.120. The lowest BCUT2D eigenvalue weighted by Crippen LogP contribution is -2.41. The van der Waals surface area contributed by atoms with Gasteiger partial charge in [-0.25, -0.2) is 17.2 Å². The third kappa shape index (κ3) is 5.63. The number of hydrogen-bond acceptors (Lipinski definition) is 5. The molecule has 34 heavy (non-hydrogen) atoms. The highest BCUT2D eigenvalue weighted by atomic mass is 32.2. The number of rotatable bonds is 9. The Kier molecular flexibility index (Phi) is 7.72. The van der Waals surface area contributed by atoms with Crippen molar-refractivity contribution in [3.8, 4) is 11.5 Å². The van der Waals surface area contributed by atoms with Crippen molar-refractivity contribution in [1.82, 2.24) is 5.32 Å². The highest BCUT2D eigenvalue weighted by Crippen LogP contribution is 2.32. The van der Waals surface area contributed by atoms with Gasteiger partial charge >= 0.3 is 0 Å². The average Bonchev–Trinajstić information content (AvgIpc) is 2.83. The molecule has 0 fully saturated rings. The highest BCUT2D eigenvalue weighted by molar-refractivity contribution is 7.92. The summed E-state index contributed by atoms with van der Waals surface area (Å²) in [5, 5.41) is 2.71. The molecule has 1 unspecified atom stereocenters. The van der Waals surface area contributed by atoms with Crippen molar-refractivity contribution >= 4 is 21.6 Å². The Bertz CT molecular complexity index is 1250. The second kappa shape index (κ2) is 10.5. The molecule has 1 atom stereocenters. The van der Waals surface area contributed by atoms with E-state index in [1.54, 1.807) is 6.92 Å². The van der Waals surface area contributed by atoms with Crippen molar-refractivity contribution in [2.45, 2.75) is 17.9 Å². The third-order valence-corrected chi connectivity index (χ3v) is 6.86. The zero-order valence-corrected chi connectivity index (χ0v) is 19.6. The summed E-state index contributed by atoms with van der Waals surface area (Å²) >= 11 is 0. The summed E-state index contributed by atoms with van der Waals surface area (Å²) in [4.78, 5) is 12.7. The number of carbonyl (C=O) groups excluding carboxylic acids is 1. The molecular formula is C24H24F2N2O5S. The van der Waals surface area contributed by atoms with E-state index in [0.717, 1.165) is 16.4 Å². The van der Waals surface area contributed by atoms with E-state index in [1.807, 2.05) is 0 Å². The Hall–Kier alpha value is -3.66. The van der Waals surface area contributed by atoms with Crippen LogP contribution < -0.4 is 19.1 Å². The lowest BCUT2D eigenvalue weighted by Gasteiger charge is -2.25. The number of ether oxygens (including phenoxy) is 2. The van der Waals surface area contributed by atoms with E-state index >= 15 is 0 Å². The molecule has 180 valence electrons. The molecule has 3 rings (SSSR count). The Morgan fingerprint density at radius 3 is 2.03 bits per heavy atom. The van der Waals surface area contributed by atoms with Gasteiger partial charge in [-0.1, -0.05) is 12.1 Å². The molecule has 1 N–H and O–H groups in total. The first kappa shape index (κ1) is 25.0. The first-order valence-corrected chi connectivity index (χ1v) is 11.6. The fourth-order valence-corrected chi connectivity index (χ4v) is 4.72. The minimum Gasteiger partial charge on any atom is -0.493 e. The zero-order valence-electron chi connectivity index (χ0n) is 18.8. The van der Waals surface area contributed by atoms with E-state index in [9.17, 15) is 22.0 Å². The normalized spacial score (nSPS) is 12.0. The molecule has 0 aliphatic rings. The highest BCUT2D eigenvalue weighted by Gasteiger charge is 2.29. The van der Waals surface area contributed by atoms with Gasteiger partial charge < -0.3 is 14.8 Å². The summed E-state index contributed by atoms with van der Waals surface area (Å²) in [6.07, 6.45) is 0. The Balaban J connectivity index is 1.93. The third-order valence-electron chi connectivity index (χ3n) is 5.09. The number of nitrogens with one attached hydrogen (secondary N) is 1. The Morgan fingerprint density at radius 2 is 1.47 bits per heavy atom. The Morgan fingerprint density at radius 1 is 0.912 bits per heavy atom. The smallest absolute Gasteiger partial charge is 0.264 e. The molecule has 0 bridgehead atoms. The summed E-state index contributed by atoms with van der Waals surface area (Å²) in [6.45, 7) is 1.12. The molecule has 0 saturated heterocycles. The SMILES string of the molecule is COc1ccc(S(=O)(=O)N(CC(=O)NC(C)c2ccc(F)cc2)c2ccc(F)cc2)cc1OC. The Labute approximate surface area is 197 Å². The first-order valence-electron chi connectivity index (χ1n) is 10.2. The number of carbonyl (C=O) groups is 1. The predicted octanol–water partition coefficient (Wildman–Crippen LogP) is 4.05. The predicted molar refractivity (Wildman–Crippen MR) is 123 cm³/mol. The first-order chi connectivity index (χ1) is 16.1. The number of benzene rings is 3. The monoisotopic (exact) mass is 490 g/mol. The number of nitrogens with zero attached hydrogens (tertiary/aromatic N) is 1. The van der Waals surface area contributed by atoms with Crippen LogP contribution in [0.1, 0.15) is 18.5 Å². The molecule has 0 spiro atoms. The van der Waals surface area contributed by atoms with Crippen LogP contribution in [0, 0.1) is 11.6 Å². The van der Waals surface area contributed by atoms with E-state index in [-0.39, 0.29) is 16.3 Å². The molecule has 0 heterocycles. The van der Waals surface area contributed by atoms with Crippen molar-refractivity contribution < 1.29 is 31.5 Å². The van der Waals surface area contributed by atoms with Crippen LogP contribution in [0.2, 0.25) is 0 Å². The maximum Gasteiger partial charge on any atom is 0.264 e. The number of methoxy groups -OCH3 is 2. The lowest BCUT2D eigenvalue weighted by atomic mass is 10.1. The number of hydrogen-bond donors (Lipinski definition) is 1. The van der Waals surface area contributed by atoms with Crippen LogP contribution in [0.3, 0.4) is 0 Å². The van der Waals surface area contributed by atoms with Gasteiger partial charge in [0, 0.05) is 6.07 Å². The second-order valence-electron chi connectivity index (χ2n) is 7.35. The number of halogens is 2. The number of sulfonamides is 1. The average molecular weight is 491 g/mol. The molecule has 0 saturated carbocycles. The molecule has 1 amide bonds. The van der Waals surface area contributed by atoms with Gasteiger partial charge in [0.25, 0.3) is 10.0 Å². The van der Waals surface area contributed by atoms with Crippen LogP contribution in [0.15, 0.2) is 71.6 Å². The van der Waals surface area contributed by atoms with Crippen molar-refractivity contribution in [3.05, 3.63) is 83.9 Å². The number of amides is 1. The van der Waals surface area contributed by atoms with Gasteiger partial charge in [0.05, 0.1) is 30.8 Å². The van der Waals surface area contributed by atoms with E-state index in [0.29, 0.717) is 11.3 Å². The van der Waals surface area contributed by atoms with Crippen LogP contribution in [-0.4, -0.2) is 35.1 Å². The standard InChI is InChI=1S/C24H24F2N2O5S/c1-16(17-4-6-18(25)7-5-17)27-24(29)15-28(20-10-8-19(26)9-11-20)34(30,31)21-12-13-22(32-2)23(14-21)33-3/h4-14,16H,15H2,1-3H3,(H,27,29). The van der Waals surface area contributed by atoms with Gasteiger partial charge in [0.1, 0.15) is 18.2 Å². The second-order valence-corrected chi connectivity index (χ2v) is 9.21. The van der Waals surface area contributed by atoms with Crippen LogP contribution in [0.25, 0.3) is 0 Å². The molecule has 0 aromatic heterocycles. The van der Waals surface area contributed by atoms with Crippen molar-refractivity contribution in [2.75, 3.05) is 25.1 Å². The molecule has 0 radical (unpaired) electrons. The summed E-state index contributed by atoms with van der Waals surface area (Å²) in [7, 11) is -1.47. The largest absolute Gasteiger partial charge is 0.493 e. The zero-order chi connectivity index (χ0) is 24.9. The minimum atomic E-state index is -4.26. The molecule has 0 aliphatic heterocycles. The molecule has 3 aromatic carbocycles. The van der Waals surface area contributed by atoms with Crippen LogP contribution in [-0.2, 0) is 14.8 Å².